The van der Waals surface area contributed by atoms with E-state index in [2.05, 4.69) is 0 Å². The SMILES string of the molecule is O=C(COc1ccc2c(c1O)C(=O)c1ccccc1C2=O)c1ccc(Cl)cc1. The Balaban J connectivity index is 1.63. The number of hydrogen-bond acceptors (Lipinski definition) is 5. The van der Waals surface area contributed by atoms with Gasteiger partial charge in [0.2, 0.25) is 0 Å². The molecule has 1 aliphatic rings. The smallest absolute Gasteiger partial charge is 0.200 e. The normalized spacial score (nSPS) is 12.3. The van der Waals surface area contributed by atoms with E-state index >= 15 is 0 Å². The Bertz CT molecular complexity index is 1130. The predicted octanol–water partition coefficient (Wildman–Crippen LogP) is 4.08. The third kappa shape index (κ3) is 2.96. The third-order valence-corrected chi connectivity index (χ3v) is 4.81. The van der Waals surface area contributed by atoms with Gasteiger partial charge in [-0.1, -0.05) is 35.9 Å². The lowest BCUT2D eigenvalue weighted by Gasteiger charge is -2.19. The molecule has 4 rings (SSSR count). The summed E-state index contributed by atoms with van der Waals surface area (Å²) in [6, 6.07) is 15.6. The summed E-state index contributed by atoms with van der Waals surface area (Å²) in [6.45, 7) is -0.341. The summed E-state index contributed by atoms with van der Waals surface area (Å²) < 4.78 is 5.42. The molecular weight excluding hydrogens is 380 g/mol. The van der Waals surface area contributed by atoms with Gasteiger partial charge in [-0.05, 0) is 36.4 Å². The Labute approximate surface area is 165 Å². The van der Waals surface area contributed by atoms with Gasteiger partial charge in [-0.3, -0.25) is 14.4 Å². The maximum Gasteiger partial charge on any atom is 0.200 e. The number of fused-ring (bicyclic) bond motifs is 2. The molecule has 0 aromatic heterocycles. The van der Waals surface area contributed by atoms with Crippen molar-refractivity contribution >= 4 is 29.0 Å². The van der Waals surface area contributed by atoms with Gasteiger partial charge in [0, 0.05) is 27.3 Å². The standard InChI is InChI=1S/C22H13ClO5/c23-13-7-5-12(6-8-13)17(24)11-28-18-10-9-16-19(22(18)27)21(26)15-4-2-1-3-14(15)20(16)25/h1-10,27H,11H2. The van der Waals surface area contributed by atoms with Gasteiger partial charge < -0.3 is 9.84 Å². The zero-order valence-electron chi connectivity index (χ0n) is 14.4. The number of carbonyl (C=O) groups is 3. The summed E-state index contributed by atoms with van der Waals surface area (Å²) in [5.41, 5.74) is 0.926. The molecule has 3 aromatic carbocycles. The molecule has 1 aliphatic carbocycles. The lowest BCUT2D eigenvalue weighted by Crippen LogP contribution is -2.21. The molecule has 0 fully saturated rings. The number of benzene rings is 3. The van der Waals surface area contributed by atoms with Crippen LogP contribution in [-0.2, 0) is 0 Å². The summed E-state index contributed by atoms with van der Waals surface area (Å²) in [5, 5.41) is 11.0. The van der Waals surface area contributed by atoms with Crippen LogP contribution in [0.3, 0.4) is 0 Å². The van der Waals surface area contributed by atoms with Gasteiger partial charge >= 0.3 is 0 Å². The number of Topliss-reactive ketones (excluding diaryl/α,β-unsaturated/α-hetero) is 1. The van der Waals surface area contributed by atoms with E-state index in [9.17, 15) is 19.5 Å². The number of hydrogen-bond donors (Lipinski definition) is 1. The average molecular weight is 393 g/mol. The molecule has 138 valence electrons. The molecular formula is C22H13ClO5. The fraction of sp³-hybridized carbons (Fsp3) is 0.0455. The first kappa shape index (κ1) is 17.9. The van der Waals surface area contributed by atoms with Gasteiger partial charge in [-0.25, -0.2) is 0 Å². The lowest BCUT2D eigenvalue weighted by atomic mass is 9.83. The molecule has 0 spiro atoms. The van der Waals surface area contributed by atoms with E-state index in [0.29, 0.717) is 16.1 Å². The van der Waals surface area contributed by atoms with Gasteiger partial charge in [0.05, 0.1) is 5.56 Å². The van der Waals surface area contributed by atoms with Gasteiger partial charge in [0.25, 0.3) is 0 Å². The highest BCUT2D eigenvalue weighted by Crippen LogP contribution is 2.38. The van der Waals surface area contributed by atoms with Crippen LogP contribution in [0.5, 0.6) is 11.5 Å². The Morgan fingerprint density at radius 3 is 2.18 bits per heavy atom. The van der Waals surface area contributed by atoms with Crippen LogP contribution in [0.1, 0.15) is 42.2 Å². The second-order valence-corrected chi connectivity index (χ2v) is 6.69. The Kier molecular flexibility index (Phi) is 4.45. The van der Waals surface area contributed by atoms with Crippen molar-refractivity contribution in [1.82, 2.24) is 0 Å². The quantitative estimate of drug-likeness (QED) is 0.529. The minimum absolute atomic E-state index is 0.0402. The molecule has 3 aromatic rings. The van der Waals surface area contributed by atoms with Crippen molar-refractivity contribution in [2.45, 2.75) is 0 Å². The Morgan fingerprint density at radius 2 is 1.50 bits per heavy atom. The van der Waals surface area contributed by atoms with Crippen LogP contribution in [-0.4, -0.2) is 29.1 Å². The number of carbonyl (C=O) groups excluding carboxylic acids is 3. The van der Waals surface area contributed by atoms with E-state index in [-0.39, 0.29) is 40.6 Å². The number of aromatic hydroxyl groups is 1. The van der Waals surface area contributed by atoms with Gasteiger partial charge in [-0.2, -0.15) is 0 Å². The topological polar surface area (TPSA) is 80.7 Å². The molecule has 5 nitrogen and oxygen atoms in total. The number of phenolic OH excluding ortho intramolecular Hbond substituents is 1. The van der Waals surface area contributed by atoms with Crippen molar-refractivity contribution in [2.75, 3.05) is 6.61 Å². The molecule has 1 N–H and O–H groups in total. The van der Waals surface area contributed by atoms with Crippen molar-refractivity contribution in [1.29, 1.82) is 0 Å². The highest BCUT2D eigenvalue weighted by molar-refractivity contribution is 6.30. The Hall–Kier alpha value is -3.44. The van der Waals surface area contributed by atoms with E-state index in [1.807, 2.05) is 0 Å². The number of ether oxygens (including phenoxy) is 1. The third-order valence-electron chi connectivity index (χ3n) is 4.55. The zero-order valence-corrected chi connectivity index (χ0v) is 15.2. The maximum absolute atomic E-state index is 12.8. The monoisotopic (exact) mass is 392 g/mol. The number of rotatable bonds is 4. The summed E-state index contributed by atoms with van der Waals surface area (Å²) in [6.07, 6.45) is 0. The first-order chi connectivity index (χ1) is 13.5. The van der Waals surface area contributed by atoms with Crippen molar-refractivity contribution in [3.63, 3.8) is 0 Å². The summed E-state index contributed by atoms with van der Waals surface area (Å²) in [4.78, 5) is 37.6. The highest BCUT2D eigenvalue weighted by Gasteiger charge is 2.33. The van der Waals surface area contributed by atoms with Gasteiger partial charge in [-0.15, -0.1) is 0 Å². The molecule has 0 saturated carbocycles. The largest absolute Gasteiger partial charge is 0.504 e. The summed E-state index contributed by atoms with van der Waals surface area (Å²) in [7, 11) is 0. The van der Waals surface area contributed by atoms with Crippen molar-refractivity contribution in [3.05, 3.63) is 93.5 Å². The average Bonchev–Trinajstić information content (AvgIpc) is 2.71. The summed E-state index contributed by atoms with van der Waals surface area (Å²) in [5.74, 6) is -1.61. The maximum atomic E-state index is 12.8. The van der Waals surface area contributed by atoms with Crippen LogP contribution in [0.4, 0.5) is 0 Å². The fourth-order valence-electron chi connectivity index (χ4n) is 3.13. The van der Waals surface area contributed by atoms with Crippen LogP contribution < -0.4 is 4.74 Å². The fourth-order valence-corrected chi connectivity index (χ4v) is 3.25. The van der Waals surface area contributed by atoms with E-state index in [1.165, 1.54) is 18.2 Å². The molecule has 0 saturated heterocycles. The van der Waals surface area contributed by atoms with E-state index in [1.54, 1.807) is 42.5 Å². The van der Waals surface area contributed by atoms with Crippen LogP contribution in [0.2, 0.25) is 5.02 Å². The molecule has 0 aliphatic heterocycles. The predicted molar refractivity (Wildman–Crippen MR) is 103 cm³/mol. The first-order valence-corrected chi connectivity index (χ1v) is 8.81. The molecule has 0 bridgehead atoms. The van der Waals surface area contributed by atoms with Crippen LogP contribution in [0.25, 0.3) is 0 Å². The van der Waals surface area contributed by atoms with Crippen molar-refractivity contribution in [2.24, 2.45) is 0 Å². The van der Waals surface area contributed by atoms with Gasteiger partial charge in [0.1, 0.15) is 0 Å². The minimum Gasteiger partial charge on any atom is -0.504 e. The molecule has 0 heterocycles. The van der Waals surface area contributed by atoms with Gasteiger partial charge in [0.15, 0.2) is 35.5 Å². The molecule has 6 heteroatoms. The van der Waals surface area contributed by atoms with Crippen molar-refractivity contribution in [3.8, 4) is 11.5 Å². The molecule has 28 heavy (non-hydrogen) atoms. The molecule has 0 amide bonds. The van der Waals surface area contributed by atoms with Crippen molar-refractivity contribution < 1.29 is 24.2 Å². The minimum atomic E-state index is -0.461. The summed E-state index contributed by atoms with van der Waals surface area (Å²) >= 11 is 5.80. The molecule has 0 radical (unpaired) electrons. The second-order valence-electron chi connectivity index (χ2n) is 6.26. The van der Waals surface area contributed by atoms with Crippen LogP contribution in [0, 0.1) is 0 Å². The Morgan fingerprint density at radius 1 is 0.857 bits per heavy atom. The van der Waals surface area contributed by atoms with E-state index in [4.69, 9.17) is 16.3 Å². The van der Waals surface area contributed by atoms with E-state index in [0.717, 1.165) is 0 Å². The lowest BCUT2D eigenvalue weighted by molar-refractivity contribution is 0.0918. The number of ketones is 3. The van der Waals surface area contributed by atoms with E-state index < -0.39 is 11.5 Å². The van der Waals surface area contributed by atoms with Crippen LogP contribution in [0.15, 0.2) is 60.7 Å². The number of halogens is 1. The van der Waals surface area contributed by atoms with Crippen LogP contribution >= 0.6 is 11.6 Å². The second kappa shape index (κ2) is 6.94. The highest BCUT2D eigenvalue weighted by atomic mass is 35.5. The molecule has 0 atom stereocenters. The first-order valence-electron chi connectivity index (χ1n) is 8.43. The zero-order chi connectivity index (χ0) is 19.8. The number of phenols is 1. The molecule has 0 unspecified atom stereocenters.